The SMILES string of the molecule is N#Cc1cccc(NC(=O)N2CCC(C(=O)c3ccc(O)cc3)CC2)c1. The van der Waals surface area contributed by atoms with E-state index in [0.29, 0.717) is 42.7 Å². The van der Waals surface area contributed by atoms with Crippen LogP contribution in [-0.4, -0.2) is 34.9 Å². The Kier molecular flexibility index (Phi) is 5.18. The lowest BCUT2D eigenvalue weighted by molar-refractivity contribution is 0.0859. The fourth-order valence-electron chi connectivity index (χ4n) is 3.08. The summed E-state index contributed by atoms with van der Waals surface area (Å²) in [5.74, 6) is 0.0609. The molecule has 0 aromatic heterocycles. The molecule has 26 heavy (non-hydrogen) atoms. The second-order valence-electron chi connectivity index (χ2n) is 6.30. The van der Waals surface area contributed by atoms with Crippen LogP contribution in [0.25, 0.3) is 0 Å². The van der Waals surface area contributed by atoms with E-state index in [1.165, 1.54) is 12.1 Å². The van der Waals surface area contributed by atoms with Crippen LogP contribution in [0.2, 0.25) is 0 Å². The van der Waals surface area contributed by atoms with Crippen molar-refractivity contribution in [1.29, 1.82) is 5.26 Å². The topological polar surface area (TPSA) is 93.4 Å². The number of urea groups is 1. The van der Waals surface area contributed by atoms with Gasteiger partial charge in [0.15, 0.2) is 5.78 Å². The van der Waals surface area contributed by atoms with Crippen LogP contribution >= 0.6 is 0 Å². The van der Waals surface area contributed by atoms with Crippen molar-refractivity contribution in [3.8, 4) is 11.8 Å². The second-order valence-corrected chi connectivity index (χ2v) is 6.30. The molecular weight excluding hydrogens is 330 g/mol. The first kappa shape index (κ1) is 17.5. The molecule has 2 N–H and O–H groups in total. The maximum Gasteiger partial charge on any atom is 0.321 e. The summed E-state index contributed by atoms with van der Waals surface area (Å²) in [6.07, 6.45) is 1.21. The molecule has 1 saturated heterocycles. The summed E-state index contributed by atoms with van der Waals surface area (Å²) >= 11 is 0. The van der Waals surface area contributed by atoms with Gasteiger partial charge in [-0.05, 0) is 55.3 Å². The van der Waals surface area contributed by atoms with Gasteiger partial charge in [-0.1, -0.05) is 6.07 Å². The number of amides is 2. The molecule has 0 spiro atoms. The van der Waals surface area contributed by atoms with E-state index < -0.39 is 0 Å². The van der Waals surface area contributed by atoms with E-state index in [4.69, 9.17) is 5.26 Å². The van der Waals surface area contributed by atoms with Gasteiger partial charge in [-0.3, -0.25) is 4.79 Å². The number of nitrogens with one attached hydrogen (secondary N) is 1. The lowest BCUT2D eigenvalue weighted by Crippen LogP contribution is -2.42. The summed E-state index contributed by atoms with van der Waals surface area (Å²) in [6.45, 7) is 0.997. The first-order valence-corrected chi connectivity index (χ1v) is 8.46. The van der Waals surface area contributed by atoms with Gasteiger partial charge in [0, 0.05) is 30.3 Å². The molecule has 0 radical (unpaired) electrons. The van der Waals surface area contributed by atoms with Crippen molar-refractivity contribution in [2.24, 2.45) is 5.92 Å². The molecule has 2 aromatic carbocycles. The summed E-state index contributed by atoms with van der Waals surface area (Å²) in [4.78, 5) is 26.6. The molecule has 132 valence electrons. The van der Waals surface area contributed by atoms with E-state index >= 15 is 0 Å². The number of likely N-dealkylation sites (tertiary alicyclic amines) is 1. The molecule has 0 aliphatic carbocycles. The predicted molar refractivity (Wildman–Crippen MR) is 96.9 cm³/mol. The largest absolute Gasteiger partial charge is 0.508 e. The molecule has 0 saturated carbocycles. The zero-order chi connectivity index (χ0) is 18.5. The van der Waals surface area contributed by atoms with Crippen LogP contribution in [0, 0.1) is 17.2 Å². The highest BCUT2D eigenvalue weighted by atomic mass is 16.3. The van der Waals surface area contributed by atoms with Crippen molar-refractivity contribution >= 4 is 17.5 Å². The first-order valence-electron chi connectivity index (χ1n) is 8.46. The van der Waals surface area contributed by atoms with Crippen LogP contribution in [0.1, 0.15) is 28.8 Å². The summed E-state index contributed by atoms with van der Waals surface area (Å²) in [7, 11) is 0. The first-order chi connectivity index (χ1) is 12.6. The van der Waals surface area contributed by atoms with E-state index in [1.807, 2.05) is 6.07 Å². The van der Waals surface area contributed by atoms with Crippen molar-refractivity contribution < 1.29 is 14.7 Å². The van der Waals surface area contributed by atoms with Crippen LogP contribution in [0.15, 0.2) is 48.5 Å². The molecular formula is C20H19N3O3. The second kappa shape index (κ2) is 7.70. The zero-order valence-electron chi connectivity index (χ0n) is 14.2. The molecule has 0 atom stereocenters. The summed E-state index contributed by atoms with van der Waals surface area (Å²) in [6, 6.07) is 14.8. The summed E-state index contributed by atoms with van der Waals surface area (Å²) in [5.41, 5.74) is 1.65. The number of Topliss-reactive ketones (excluding diaryl/α,β-unsaturated/α-hetero) is 1. The number of aromatic hydroxyl groups is 1. The Morgan fingerprint density at radius 2 is 1.81 bits per heavy atom. The molecule has 1 heterocycles. The Bertz CT molecular complexity index is 847. The zero-order valence-corrected chi connectivity index (χ0v) is 14.2. The maximum absolute atomic E-state index is 12.5. The minimum absolute atomic E-state index is 0.0479. The molecule has 6 nitrogen and oxygen atoms in total. The minimum Gasteiger partial charge on any atom is -0.508 e. The highest BCUT2D eigenvalue weighted by Gasteiger charge is 2.28. The van der Waals surface area contributed by atoms with Gasteiger partial charge in [-0.25, -0.2) is 4.79 Å². The van der Waals surface area contributed by atoms with Gasteiger partial charge < -0.3 is 15.3 Å². The number of phenols is 1. The third kappa shape index (κ3) is 4.01. The number of anilines is 1. The monoisotopic (exact) mass is 349 g/mol. The molecule has 3 rings (SSSR count). The lowest BCUT2D eigenvalue weighted by atomic mass is 9.89. The van der Waals surface area contributed by atoms with E-state index in [9.17, 15) is 14.7 Å². The Labute approximate surface area is 151 Å². The molecule has 2 amide bonds. The van der Waals surface area contributed by atoms with Crippen LogP contribution in [0.3, 0.4) is 0 Å². The standard InChI is InChI=1S/C20H19N3O3/c21-13-14-2-1-3-17(12-14)22-20(26)23-10-8-16(9-11-23)19(25)15-4-6-18(24)7-5-15/h1-7,12,16,24H,8-11H2,(H,22,26). The maximum atomic E-state index is 12.5. The number of phenolic OH excluding ortho intramolecular Hbond substituents is 1. The highest BCUT2D eigenvalue weighted by molar-refractivity contribution is 5.98. The van der Waals surface area contributed by atoms with Gasteiger partial charge in [0.25, 0.3) is 0 Å². The van der Waals surface area contributed by atoms with Crippen molar-refractivity contribution in [2.75, 3.05) is 18.4 Å². The number of rotatable bonds is 3. The van der Waals surface area contributed by atoms with Gasteiger partial charge in [0.1, 0.15) is 5.75 Å². The highest BCUT2D eigenvalue weighted by Crippen LogP contribution is 2.23. The molecule has 6 heteroatoms. The fourth-order valence-corrected chi connectivity index (χ4v) is 3.08. The smallest absolute Gasteiger partial charge is 0.321 e. The normalized spacial score (nSPS) is 14.5. The number of hydrogen-bond donors (Lipinski definition) is 2. The van der Waals surface area contributed by atoms with Gasteiger partial charge in [0.05, 0.1) is 11.6 Å². The van der Waals surface area contributed by atoms with Crippen LogP contribution in [-0.2, 0) is 0 Å². The molecule has 1 fully saturated rings. The van der Waals surface area contributed by atoms with E-state index in [2.05, 4.69) is 5.32 Å². The minimum atomic E-state index is -0.226. The van der Waals surface area contributed by atoms with Crippen molar-refractivity contribution in [1.82, 2.24) is 4.90 Å². The Balaban J connectivity index is 1.56. The molecule has 1 aliphatic heterocycles. The third-order valence-corrected chi connectivity index (χ3v) is 4.55. The Hall–Kier alpha value is -3.33. The van der Waals surface area contributed by atoms with Gasteiger partial charge in [0.2, 0.25) is 0 Å². The number of nitriles is 1. The number of nitrogens with zero attached hydrogens (tertiary/aromatic N) is 2. The quantitative estimate of drug-likeness (QED) is 0.831. The average Bonchev–Trinajstić information content (AvgIpc) is 2.68. The number of benzene rings is 2. The predicted octanol–water partition coefficient (Wildman–Crippen LogP) is 3.39. The Morgan fingerprint density at radius 1 is 1.12 bits per heavy atom. The number of carbonyl (C=O) groups is 2. The van der Waals surface area contributed by atoms with Gasteiger partial charge in [-0.2, -0.15) is 5.26 Å². The summed E-state index contributed by atoms with van der Waals surface area (Å²) < 4.78 is 0. The lowest BCUT2D eigenvalue weighted by Gasteiger charge is -2.31. The van der Waals surface area contributed by atoms with Crippen LogP contribution in [0.4, 0.5) is 10.5 Å². The third-order valence-electron chi connectivity index (χ3n) is 4.55. The van der Waals surface area contributed by atoms with Crippen LogP contribution in [0.5, 0.6) is 5.75 Å². The van der Waals surface area contributed by atoms with E-state index in [1.54, 1.807) is 41.3 Å². The average molecular weight is 349 g/mol. The van der Waals surface area contributed by atoms with Gasteiger partial charge >= 0.3 is 6.03 Å². The fraction of sp³-hybridized carbons (Fsp3) is 0.250. The number of carbonyl (C=O) groups excluding carboxylic acids is 2. The van der Waals surface area contributed by atoms with E-state index in [0.717, 1.165) is 0 Å². The molecule has 1 aliphatic rings. The van der Waals surface area contributed by atoms with E-state index in [-0.39, 0.29) is 23.5 Å². The number of piperidine rings is 1. The number of ketones is 1. The molecule has 0 bridgehead atoms. The summed E-state index contributed by atoms with van der Waals surface area (Å²) in [5, 5.41) is 21.0. The Morgan fingerprint density at radius 3 is 2.46 bits per heavy atom. The van der Waals surface area contributed by atoms with Crippen LogP contribution < -0.4 is 5.32 Å². The van der Waals surface area contributed by atoms with Crippen molar-refractivity contribution in [2.45, 2.75) is 12.8 Å². The number of hydrogen-bond acceptors (Lipinski definition) is 4. The van der Waals surface area contributed by atoms with Gasteiger partial charge in [-0.15, -0.1) is 0 Å². The van der Waals surface area contributed by atoms with Crippen molar-refractivity contribution in [3.63, 3.8) is 0 Å². The molecule has 2 aromatic rings. The molecule has 0 unspecified atom stereocenters. The van der Waals surface area contributed by atoms with Crippen molar-refractivity contribution in [3.05, 3.63) is 59.7 Å².